The third-order valence-electron chi connectivity index (χ3n) is 6.01. The molecule has 30 heavy (non-hydrogen) atoms. The average molecular weight is 411 g/mol. The molecule has 2 atom stereocenters. The minimum atomic E-state index is -1.03. The van der Waals surface area contributed by atoms with Gasteiger partial charge in [0.2, 0.25) is 0 Å². The van der Waals surface area contributed by atoms with E-state index in [-0.39, 0.29) is 30.7 Å². The highest BCUT2D eigenvalue weighted by atomic mass is 19.1. The molecule has 2 saturated heterocycles. The highest BCUT2D eigenvalue weighted by Crippen LogP contribution is 2.37. The Balaban J connectivity index is 1.50. The number of hydrogen-bond acceptors (Lipinski definition) is 4. The highest BCUT2D eigenvalue weighted by molar-refractivity contribution is 5.99. The van der Waals surface area contributed by atoms with Crippen LogP contribution in [0.2, 0.25) is 0 Å². The maximum atomic E-state index is 14.4. The van der Waals surface area contributed by atoms with E-state index in [1.165, 1.54) is 12.1 Å². The van der Waals surface area contributed by atoms with Crippen LogP contribution in [0.25, 0.3) is 5.65 Å². The second-order valence-corrected chi connectivity index (χ2v) is 8.02. The summed E-state index contributed by atoms with van der Waals surface area (Å²) in [5.41, 5.74) is 1.63. The van der Waals surface area contributed by atoms with Crippen molar-refractivity contribution in [1.82, 2.24) is 19.5 Å². The first-order valence-electron chi connectivity index (χ1n) is 10.4. The maximum Gasteiger partial charge on any atom is 0.259 e. The number of alkyl halides is 1. The Kier molecular flexibility index (Phi) is 4.84. The number of fused-ring (bicyclic) bond motifs is 1. The molecule has 156 valence electrons. The number of benzene rings is 1. The van der Waals surface area contributed by atoms with Gasteiger partial charge in [-0.05, 0) is 43.0 Å². The van der Waals surface area contributed by atoms with Crippen LogP contribution in [0.3, 0.4) is 0 Å². The van der Waals surface area contributed by atoms with Crippen LogP contribution in [0.1, 0.15) is 47.6 Å². The molecule has 2 aliphatic heterocycles. The summed E-state index contributed by atoms with van der Waals surface area (Å²) in [6.07, 6.45) is 5.68. The van der Waals surface area contributed by atoms with Crippen molar-refractivity contribution in [2.45, 2.75) is 37.9 Å². The molecule has 1 aromatic carbocycles. The molecule has 5 rings (SSSR count). The molecule has 0 spiro atoms. The molecular formula is C22H23F2N5O. The summed E-state index contributed by atoms with van der Waals surface area (Å²) in [5, 5.41) is 4.27. The van der Waals surface area contributed by atoms with E-state index in [9.17, 15) is 13.6 Å². The fourth-order valence-electron chi connectivity index (χ4n) is 4.51. The van der Waals surface area contributed by atoms with Gasteiger partial charge in [0.15, 0.2) is 5.65 Å². The SMILES string of the molecule is O=C(c1cnn2ccc(N3CC(F)CC3c3cccc(F)c3)nc12)N1CCCCC1. The molecule has 0 radical (unpaired) electrons. The zero-order valence-electron chi connectivity index (χ0n) is 16.5. The third kappa shape index (κ3) is 3.40. The predicted octanol–water partition coefficient (Wildman–Crippen LogP) is 3.78. The standard InChI is InChI=1S/C22H23F2N5O/c23-16-6-4-5-15(11-16)19-12-17(24)14-28(19)20-7-10-29-21(26-20)18(13-25-29)22(30)27-8-2-1-3-9-27/h4-7,10-11,13,17,19H,1-3,8-9,12,14H2. The van der Waals surface area contributed by atoms with Crippen LogP contribution in [0.5, 0.6) is 0 Å². The fourth-order valence-corrected chi connectivity index (χ4v) is 4.51. The van der Waals surface area contributed by atoms with Crippen molar-refractivity contribution in [3.05, 3.63) is 59.7 Å². The Hall–Kier alpha value is -3.03. The zero-order chi connectivity index (χ0) is 20.7. The van der Waals surface area contributed by atoms with E-state index in [1.807, 2.05) is 9.80 Å². The Labute approximate surface area is 173 Å². The number of likely N-dealkylation sites (tertiary alicyclic amines) is 1. The summed E-state index contributed by atoms with van der Waals surface area (Å²) in [6, 6.07) is 7.72. The first-order chi connectivity index (χ1) is 14.6. The molecule has 8 heteroatoms. The maximum absolute atomic E-state index is 14.4. The molecule has 4 heterocycles. The summed E-state index contributed by atoms with van der Waals surface area (Å²) >= 11 is 0. The van der Waals surface area contributed by atoms with Crippen molar-refractivity contribution in [1.29, 1.82) is 0 Å². The van der Waals surface area contributed by atoms with E-state index in [4.69, 9.17) is 0 Å². The Morgan fingerprint density at radius 1 is 1.13 bits per heavy atom. The fraction of sp³-hybridized carbons (Fsp3) is 0.409. The van der Waals surface area contributed by atoms with Crippen molar-refractivity contribution in [2.24, 2.45) is 0 Å². The van der Waals surface area contributed by atoms with Crippen LogP contribution in [0.4, 0.5) is 14.6 Å². The minimum absolute atomic E-state index is 0.0687. The lowest BCUT2D eigenvalue weighted by molar-refractivity contribution is 0.0726. The van der Waals surface area contributed by atoms with Crippen LogP contribution in [-0.2, 0) is 0 Å². The first-order valence-corrected chi connectivity index (χ1v) is 10.4. The number of carbonyl (C=O) groups excluding carboxylic acids is 1. The molecule has 3 aromatic rings. The van der Waals surface area contributed by atoms with Crippen LogP contribution >= 0.6 is 0 Å². The first kappa shape index (κ1) is 19.0. The smallest absolute Gasteiger partial charge is 0.259 e. The summed E-state index contributed by atoms with van der Waals surface area (Å²) < 4.78 is 29.7. The van der Waals surface area contributed by atoms with E-state index in [2.05, 4.69) is 10.1 Å². The molecule has 2 aliphatic rings. The summed E-state index contributed by atoms with van der Waals surface area (Å²) in [7, 11) is 0. The number of aromatic nitrogens is 3. The molecule has 6 nitrogen and oxygen atoms in total. The lowest BCUT2D eigenvalue weighted by Gasteiger charge is -2.27. The van der Waals surface area contributed by atoms with Crippen LogP contribution < -0.4 is 4.90 Å². The largest absolute Gasteiger partial charge is 0.346 e. The summed E-state index contributed by atoms with van der Waals surface area (Å²) in [4.78, 5) is 21.4. The highest BCUT2D eigenvalue weighted by Gasteiger charge is 2.34. The number of anilines is 1. The average Bonchev–Trinajstić information content (AvgIpc) is 3.37. The molecule has 0 aliphatic carbocycles. The number of hydrogen-bond donors (Lipinski definition) is 0. The van der Waals surface area contributed by atoms with Crippen LogP contribution in [0, 0.1) is 5.82 Å². The Bertz CT molecular complexity index is 1080. The summed E-state index contributed by atoms with van der Waals surface area (Å²) in [6.45, 7) is 1.66. The topological polar surface area (TPSA) is 53.7 Å². The van der Waals surface area contributed by atoms with Gasteiger partial charge in [-0.1, -0.05) is 12.1 Å². The molecule has 2 fully saturated rings. The number of halogens is 2. The van der Waals surface area contributed by atoms with Gasteiger partial charge < -0.3 is 9.80 Å². The second-order valence-electron chi connectivity index (χ2n) is 8.02. The molecule has 0 N–H and O–H groups in total. The van der Waals surface area contributed by atoms with Crippen LogP contribution in [-0.4, -0.2) is 51.2 Å². The van der Waals surface area contributed by atoms with Gasteiger partial charge in [-0.15, -0.1) is 0 Å². The zero-order valence-corrected chi connectivity index (χ0v) is 16.5. The normalized spacial score (nSPS) is 22.1. The van der Waals surface area contributed by atoms with E-state index < -0.39 is 6.17 Å². The van der Waals surface area contributed by atoms with Crippen LogP contribution in [0.15, 0.2) is 42.7 Å². The second kappa shape index (κ2) is 7.66. The lowest BCUT2D eigenvalue weighted by Crippen LogP contribution is -2.35. The van der Waals surface area contributed by atoms with Gasteiger partial charge in [0, 0.05) is 25.7 Å². The number of amides is 1. The van der Waals surface area contributed by atoms with Crippen molar-refractivity contribution < 1.29 is 13.6 Å². The molecule has 2 unspecified atom stereocenters. The molecule has 1 amide bonds. The summed E-state index contributed by atoms with van der Waals surface area (Å²) in [5.74, 6) is 0.147. The quantitative estimate of drug-likeness (QED) is 0.658. The van der Waals surface area contributed by atoms with Crippen molar-refractivity contribution in [3.8, 4) is 0 Å². The van der Waals surface area contributed by atoms with Gasteiger partial charge in [-0.2, -0.15) is 5.10 Å². The van der Waals surface area contributed by atoms with Gasteiger partial charge in [0.25, 0.3) is 5.91 Å². The predicted molar refractivity (Wildman–Crippen MR) is 109 cm³/mol. The number of nitrogens with zero attached hydrogens (tertiary/aromatic N) is 5. The number of piperidine rings is 1. The Morgan fingerprint density at radius 2 is 1.97 bits per heavy atom. The molecule has 0 saturated carbocycles. The van der Waals surface area contributed by atoms with E-state index in [0.717, 1.165) is 37.9 Å². The van der Waals surface area contributed by atoms with E-state index >= 15 is 0 Å². The lowest BCUT2D eigenvalue weighted by atomic mass is 10.0. The molecule has 2 aromatic heterocycles. The van der Waals surface area contributed by atoms with Gasteiger partial charge in [0.1, 0.15) is 23.4 Å². The van der Waals surface area contributed by atoms with Crippen molar-refractivity contribution in [2.75, 3.05) is 24.5 Å². The van der Waals surface area contributed by atoms with Gasteiger partial charge in [-0.3, -0.25) is 4.79 Å². The number of rotatable bonds is 3. The van der Waals surface area contributed by atoms with E-state index in [1.54, 1.807) is 35.1 Å². The van der Waals surface area contributed by atoms with Gasteiger partial charge in [-0.25, -0.2) is 18.3 Å². The number of carbonyl (C=O) groups is 1. The molecular weight excluding hydrogens is 388 g/mol. The van der Waals surface area contributed by atoms with Gasteiger partial charge in [0.05, 0.1) is 18.8 Å². The third-order valence-corrected chi connectivity index (χ3v) is 6.01. The van der Waals surface area contributed by atoms with Crippen molar-refractivity contribution >= 4 is 17.4 Å². The Morgan fingerprint density at radius 3 is 2.77 bits per heavy atom. The minimum Gasteiger partial charge on any atom is -0.346 e. The van der Waals surface area contributed by atoms with Crippen molar-refractivity contribution in [3.63, 3.8) is 0 Å². The van der Waals surface area contributed by atoms with Gasteiger partial charge >= 0.3 is 0 Å². The monoisotopic (exact) mass is 411 g/mol. The van der Waals surface area contributed by atoms with E-state index in [0.29, 0.717) is 17.0 Å². The molecule has 0 bridgehead atoms.